The van der Waals surface area contributed by atoms with Gasteiger partial charge in [0.1, 0.15) is 0 Å². The lowest BCUT2D eigenvalue weighted by molar-refractivity contribution is -0.115. The number of thioether (sulfide) groups is 1. The van der Waals surface area contributed by atoms with Gasteiger partial charge in [-0.25, -0.2) is 4.79 Å². The molecule has 6 nitrogen and oxygen atoms in total. The third-order valence-electron chi connectivity index (χ3n) is 5.27. The Morgan fingerprint density at radius 1 is 0.829 bits per heavy atom. The molecular weight excluding hydrogens is 575 g/mol. The van der Waals surface area contributed by atoms with Crippen molar-refractivity contribution in [3.63, 3.8) is 0 Å². The third-order valence-corrected chi connectivity index (χ3v) is 7.08. The Balaban J connectivity index is 1.49. The van der Waals surface area contributed by atoms with E-state index in [-0.39, 0.29) is 22.3 Å². The molecule has 0 saturated heterocycles. The van der Waals surface area contributed by atoms with Crippen molar-refractivity contribution in [1.29, 1.82) is 0 Å². The number of anilines is 2. The lowest BCUT2D eigenvalue weighted by atomic mass is 9.98. The monoisotopic (exact) mass is 596 g/mol. The molecule has 0 aliphatic carbocycles. The normalized spacial score (nSPS) is 11.6. The molecule has 2 amide bonds. The smallest absolute Gasteiger partial charge is 0.336 e. The number of carbonyl (C=O) groups excluding carboxylic acids is 2. The van der Waals surface area contributed by atoms with Crippen LogP contribution in [0.25, 0.3) is 10.8 Å². The number of rotatable bonds is 7. The van der Waals surface area contributed by atoms with Crippen molar-refractivity contribution < 1.29 is 19.5 Å². The number of carboxylic acid groups (broad SMARTS) is 1. The minimum atomic E-state index is -1.09. The fourth-order valence-corrected chi connectivity index (χ4v) is 4.87. The summed E-state index contributed by atoms with van der Waals surface area (Å²) in [6, 6.07) is 24.8. The summed E-state index contributed by atoms with van der Waals surface area (Å²) in [5, 5.41) is 16.1. The van der Waals surface area contributed by atoms with E-state index < -0.39 is 11.9 Å². The van der Waals surface area contributed by atoms with Gasteiger partial charge in [0.2, 0.25) is 5.91 Å². The molecule has 0 aromatic heterocycles. The topological polar surface area (TPSA) is 95.5 Å². The molecule has 176 valence electrons. The van der Waals surface area contributed by atoms with E-state index in [1.165, 1.54) is 17.8 Å². The van der Waals surface area contributed by atoms with Crippen molar-refractivity contribution in [2.45, 2.75) is 17.1 Å². The predicted octanol–water partition coefficient (Wildman–Crippen LogP) is 6.51. The number of fused-ring (bicyclic) bond motifs is 1. The number of hydrogen-bond acceptors (Lipinski definition) is 4. The Bertz CT molecular complexity index is 1420. The minimum absolute atomic E-state index is 0.0746. The van der Waals surface area contributed by atoms with Crippen molar-refractivity contribution in [2.24, 2.45) is 0 Å². The molecule has 35 heavy (non-hydrogen) atoms. The summed E-state index contributed by atoms with van der Waals surface area (Å²) < 4.78 is 1.09. The van der Waals surface area contributed by atoms with Crippen molar-refractivity contribution in [2.75, 3.05) is 10.6 Å². The zero-order valence-corrected chi connectivity index (χ0v) is 21.6. The fourth-order valence-electron chi connectivity index (χ4n) is 3.59. The van der Waals surface area contributed by atoms with Gasteiger partial charge in [-0.05, 0) is 89.5 Å². The van der Waals surface area contributed by atoms with Crippen molar-refractivity contribution in [3.8, 4) is 0 Å². The van der Waals surface area contributed by atoms with Crippen LogP contribution in [0.15, 0.2) is 89.8 Å². The number of amides is 2. The maximum atomic E-state index is 13.1. The molecule has 0 aliphatic heterocycles. The van der Waals surface area contributed by atoms with Crippen LogP contribution in [0.4, 0.5) is 11.4 Å². The zero-order valence-electron chi connectivity index (χ0n) is 18.6. The molecule has 4 aromatic carbocycles. The molecule has 8 heteroatoms. The van der Waals surface area contributed by atoms with Gasteiger partial charge in [-0.2, -0.15) is 0 Å². The molecule has 0 aliphatic rings. The first kappa shape index (κ1) is 24.7. The van der Waals surface area contributed by atoms with Crippen LogP contribution in [0.3, 0.4) is 0 Å². The molecule has 4 rings (SSSR count). The molecule has 0 spiro atoms. The van der Waals surface area contributed by atoms with E-state index in [2.05, 4.69) is 33.2 Å². The number of carbonyl (C=O) groups is 3. The summed E-state index contributed by atoms with van der Waals surface area (Å²) in [7, 11) is 0. The number of nitrogens with one attached hydrogen (secondary N) is 2. The highest BCUT2D eigenvalue weighted by atomic mass is 127. The lowest BCUT2D eigenvalue weighted by Crippen LogP contribution is -2.22. The van der Waals surface area contributed by atoms with E-state index >= 15 is 0 Å². The zero-order chi connectivity index (χ0) is 24.9. The van der Waals surface area contributed by atoms with Crippen LogP contribution in [0.1, 0.15) is 27.6 Å². The Kier molecular flexibility index (Phi) is 7.72. The van der Waals surface area contributed by atoms with Gasteiger partial charge in [-0.15, -0.1) is 11.8 Å². The molecule has 0 saturated carbocycles. The SMILES string of the molecule is CC(Sc1cccc(NC(=O)c2cccc3cccc(C(=O)O)c23)c1)C(=O)Nc1ccc(I)cc1. The van der Waals surface area contributed by atoms with E-state index in [0.29, 0.717) is 16.5 Å². The molecule has 4 aromatic rings. The Hall–Kier alpha value is -3.37. The second-order valence-corrected chi connectivity index (χ2v) is 10.4. The van der Waals surface area contributed by atoms with Crippen molar-refractivity contribution >= 4 is 74.3 Å². The highest BCUT2D eigenvalue weighted by molar-refractivity contribution is 14.1. The van der Waals surface area contributed by atoms with E-state index in [0.717, 1.165) is 14.2 Å². The Labute approximate surface area is 220 Å². The van der Waals surface area contributed by atoms with Crippen molar-refractivity contribution in [1.82, 2.24) is 0 Å². The van der Waals surface area contributed by atoms with Gasteiger partial charge >= 0.3 is 5.97 Å². The van der Waals surface area contributed by atoms with Crippen LogP contribution in [-0.2, 0) is 4.79 Å². The summed E-state index contributed by atoms with van der Waals surface area (Å²) in [6.07, 6.45) is 0. The average Bonchev–Trinajstić information content (AvgIpc) is 2.84. The first-order chi connectivity index (χ1) is 16.8. The average molecular weight is 596 g/mol. The van der Waals surface area contributed by atoms with Crippen LogP contribution >= 0.6 is 34.4 Å². The van der Waals surface area contributed by atoms with Crippen LogP contribution in [0.5, 0.6) is 0 Å². The molecule has 0 bridgehead atoms. The summed E-state index contributed by atoms with van der Waals surface area (Å²) >= 11 is 3.59. The fraction of sp³-hybridized carbons (Fsp3) is 0.0741. The molecule has 3 N–H and O–H groups in total. The number of benzene rings is 4. The van der Waals surface area contributed by atoms with Crippen molar-refractivity contribution in [3.05, 3.63) is 99.6 Å². The molecule has 0 radical (unpaired) electrons. The molecule has 0 fully saturated rings. The van der Waals surface area contributed by atoms with Gasteiger partial charge in [0.15, 0.2) is 0 Å². The van der Waals surface area contributed by atoms with Gasteiger partial charge in [-0.3, -0.25) is 9.59 Å². The second kappa shape index (κ2) is 10.9. The van der Waals surface area contributed by atoms with Gasteiger partial charge < -0.3 is 15.7 Å². The van der Waals surface area contributed by atoms with Gasteiger partial charge in [0.05, 0.1) is 10.8 Å². The van der Waals surface area contributed by atoms with E-state index in [9.17, 15) is 19.5 Å². The number of hydrogen-bond donors (Lipinski definition) is 3. The lowest BCUT2D eigenvalue weighted by Gasteiger charge is -2.14. The summed E-state index contributed by atoms with van der Waals surface area (Å²) in [6.45, 7) is 1.82. The van der Waals surface area contributed by atoms with Crippen LogP contribution in [-0.4, -0.2) is 28.1 Å². The minimum Gasteiger partial charge on any atom is -0.478 e. The van der Waals surface area contributed by atoms with Gasteiger partial charge in [0, 0.05) is 30.8 Å². The molecule has 1 unspecified atom stereocenters. The summed E-state index contributed by atoms with van der Waals surface area (Å²) in [5.74, 6) is -1.62. The third kappa shape index (κ3) is 6.01. The van der Waals surface area contributed by atoms with E-state index in [1.54, 1.807) is 48.5 Å². The Morgan fingerprint density at radius 3 is 2.17 bits per heavy atom. The Morgan fingerprint density at radius 2 is 1.49 bits per heavy atom. The summed E-state index contributed by atoms with van der Waals surface area (Å²) in [5.41, 5.74) is 1.64. The van der Waals surface area contributed by atoms with Crippen LogP contribution < -0.4 is 10.6 Å². The first-order valence-electron chi connectivity index (χ1n) is 10.7. The van der Waals surface area contributed by atoms with E-state index in [1.807, 2.05) is 37.3 Å². The molecule has 1 atom stereocenters. The highest BCUT2D eigenvalue weighted by Gasteiger charge is 2.18. The maximum Gasteiger partial charge on any atom is 0.336 e. The van der Waals surface area contributed by atoms with Gasteiger partial charge in [0.25, 0.3) is 5.91 Å². The van der Waals surface area contributed by atoms with Crippen LogP contribution in [0, 0.1) is 3.57 Å². The predicted molar refractivity (Wildman–Crippen MR) is 148 cm³/mol. The quantitative estimate of drug-likeness (QED) is 0.167. The number of aromatic carboxylic acids is 1. The largest absolute Gasteiger partial charge is 0.478 e. The number of halogens is 1. The summed E-state index contributed by atoms with van der Waals surface area (Å²) in [4.78, 5) is 38.2. The highest BCUT2D eigenvalue weighted by Crippen LogP contribution is 2.28. The second-order valence-electron chi connectivity index (χ2n) is 7.75. The molecular formula is C27H21IN2O4S. The molecule has 0 heterocycles. The maximum absolute atomic E-state index is 13.1. The van der Waals surface area contributed by atoms with Crippen LogP contribution in [0.2, 0.25) is 0 Å². The number of carboxylic acids is 1. The van der Waals surface area contributed by atoms with E-state index in [4.69, 9.17) is 0 Å². The first-order valence-corrected chi connectivity index (χ1v) is 12.7. The van der Waals surface area contributed by atoms with Gasteiger partial charge in [-0.1, -0.05) is 30.3 Å². The standard InChI is InChI=1S/C27H21IN2O4S/c1-16(25(31)29-19-13-11-18(28)12-14-19)35-21-8-4-7-20(15-21)30-26(32)22-9-2-5-17-6-3-10-23(24(17)22)27(33)34/h2-16H,1H3,(H,29,31)(H,30,32)(H,33,34).